The van der Waals surface area contributed by atoms with Crippen LogP contribution in [0.4, 0.5) is 0 Å². The molecule has 0 nitrogen and oxygen atoms in total. The third-order valence-corrected chi connectivity index (χ3v) is 0. The van der Waals surface area contributed by atoms with Crippen LogP contribution in [0.1, 0.15) is 111 Å². The maximum Gasteiger partial charge on any atom is 0 e. The van der Waals surface area contributed by atoms with Crippen molar-refractivity contribution in [2.45, 2.75) is 111 Å². The number of rotatable bonds is 0. The Kier molecular flexibility index (Phi) is 15000. The molecule has 0 aliphatic rings. The topological polar surface area (TPSA) is 0 Å². The predicted octanol–water partition coefficient (Wildman–Crippen LogP) is 8.21. The molecule has 0 heterocycles. The Morgan fingerprint density at radius 2 is 0.176 bits per heavy atom. The largest absolute Gasteiger partial charge is 0.0683 e. The minimum Gasteiger partial charge on any atom is -0.0683 e. The van der Waals surface area contributed by atoms with Gasteiger partial charge in [-0.1, -0.05) is 111 Å². The van der Waals surface area contributed by atoms with Crippen LogP contribution in [0.2, 0.25) is 0 Å². The third-order valence-electron chi connectivity index (χ3n) is 0. The zero-order chi connectivity index (χ0) is 16.0. The van der Waals surface area contributed by atoms with Crippen LogP contribution in [0.5, 0.6) is 0 Å². The van der Waals surface area contributed by atoms with Gasteiger partial charge < -0.3 is 0 Å². The second kappa shape index (κ2) is 3970. The van der Waals surface area contributed by atoms with E-state index in [1.165, 1.54) is 0 Å². The van der Waals surface area contributed by atoms with Crippen molar-refractivity contribution in [1.82, 2.24) is 0 Å². The summed E-state index contributed by atoms with van der Waals surface area (Å²) < 4.78 is 0. The summed E-state index contributed by atoms with van der Waals surface area (Å²) in [5, 5.41) is 0. The van der Waals surface area contributed by atoms with E-state index in [0.717, 1.165) is 0 Å². The smallest absolute Gasteiger partial charge is 0 e. The molecule has 0 saturated heterocycles. The molecule has 0 saturated carbocycles. The summed E-state index contributed by atoms with van der Waals surface area (Å²) in [6.07, 6.45) is 0. The van der Waals surface area contributed by atoms with Crippen molar-refractivity contribution < 1.29 is 31.1 Å². The van der Waals surface area contributed by atoms with Gasteiger partial charge in [0.1, 0.15) is 0 Å². The quantitative estimate of drug-likeness (QED) is 0.329. The van der Waals surface area contributed by atoms with Crippen LogP contribution in [0.15, 0.2) is 0 Å². The summed E-state index contributed by atoms with van der Waals surface area (Å²) in [5.41, 5.74) is 0. The molecule has 0 aliphatic carbocycles. The summed E-state index contributed by atoms with van der Waals surface area (Å²) in [6, 6.07) is 0. The minimum atomic E-state index is 0. The number of hydrogen-bond donors (Lipinski definition) is 0. The minimum absolute atomic E-state index is 0. The molecule has 1 heteroatoms. The van der Waals surface area contributed by atoms with Crippen molar-refractivity contribution in [1.29, 1.82) is 0 Å². The van der Waals surface area contributed by atoms with Gasteiger partial charge in [0.15, 0.2) is 0 Å². The molecule has 0 amide bonds. The third kappa shape index (κ3) is 3490. The first-order valence-corrected chi connectivity index (χ1v) is 8.00. The van der Waals surface area contributed by atoms with Crippen LogP contribution >= 0.6 is 0 Å². The average Bonchev–Trinajstić information content (AvgIpc) is 2.54. The molecule has 0 radical (unpaired) electrons. The van der Waals surface area contributed by atoms with Gasteiger partial charge in [-0.2, -0.15) is 0 Å². The van der Waals surface area contributed by atoms with Gasteiger partial charge in [-0.05, 0) is 0 Å². The molecule has 0 bridgehead atoms. The van der Waals surface area contributed by atoms with E-state index in [9.17, 15) is 0 Å². The molecule has 0 N–H and O–H groups in total. The van der Waals surface area contributed by atoms with Crippen molar-refractivity contribution in [2.75, 3.05) is 0 Å². The summed E-state index contributed by atoms with van der Waals surface area (Å²) in [5.74, 6) is 0. The van der Waals surface area contributed by atoms with Crippen molar-refractivity contribution in [2.24, 2.45) is 0 Å². The van der Waals surface area contributed by atoms with Crippen LogP contribution in [0.25, 0.3) is 0 Å². The van der Waals surface area contributed by atoms with Crippen molar-refractivity contribution in [3.63, 3.8) is 0 Å². The first kappa shape index (κ1) is 64.1. The molecule has 0 fully saturated rings. The van der Waals surface area contributed by atoms with E-state index < -0.39 is 0 Å². The normalized spacial score (nSPS) is 2.82. The molecule has 17 heavy (non-hydrogen) atoms. The van der Waals surface area contributed by atoms with Crippen LogP contribution in [-0.2, 0) is 0 Å². The van der Waals surface area contributed by atoms with Crippen molar-refractivity contribution in [3.8, 4) is 0 Å². The Morgan fingerprint density at radius 3 is 0.176 bits per heavy atom. The van der Waals surface area contributed by atoms with Gasteiger partial charge >= 0.3 is 0 Å². The first-order valence-electron chi connectivity index (χ1n) is 8.00. The van der Waals surface area contributed by atoms with Gasteiger partial charge in [-0.25, -0.2) is 0 Å². The van der Waals surface area contributed by atoms with Crippen LogP contribution in [0, 0.1) is 31.1 Å². The van der Waals surface area contributed by atoms with E-state index in [0.29, 0.717) is 0 Å². The zero-order valence-corrected chi connectivity index (χ0v) is 20.7. The fraction of sp³-hybridized carbons (Fsp3) is 1.00. The van der Waals surface area contributed by atoms with Gasteiger partial charge in [0, 0.05) is 31.1 Å². The predicted molar refractivity (Wildman–Crippen MR) is 90.8 cm³/mol. The summed E-state index contributed by atoms with van der Waals surface area (Å²) in [7, 11) is 0. The monoisotopic (exact) mass is 478 g/mol. The molecule has 0 aliphatic heterocycles. The molecule has 0 spiro atoms. The fourth-order valence-corrected chi connectivity index (χ4v) is 0. The average molecular weight is 479 g/mol. The van der Waals surface area contributed by atoms with Crippen LogP contribution in [-0.4, -0.2) is 0 Å². The molecule has 0 rings (SSSR count). The van der Waals surface area contributed by atoms with Gasteiger partial charge in [-0.3, -0.25) is 0 Å². The van der Waals surface area contributed by atoms with Gasteiger partial charge in [-0.15, -0.1) is 0 Å². The standard InChI is InChI=1S/8C2H6.U/c8*1-2;/h8*1-2H3;. The Bertz CT molecular complexity index is 5.49. The maximum atomic E-state index is 2.00. The second-order valence-corrected chi connectivity index (χ2v) is 0. The summed E-state index contributed by atoms with van der Waals surface area (Å²) in [6.45, 7) is 32.0. The summed E-state index contributed by atoms with van der Waals surface area (Å²) >= 11 is 0. The first-order chi connectivity index (χ1) is 8.00. The Morgan fingerprint density at radius 1 is 0.176 bits per heavy atom. The van der Waals surface area contributed by atoms with E-state index in [1.807, 2.05) is 111 Å². The van der Waals surface area contributed by atoms with Gasteiger partial charge in [0.05, 0.1) is 0 Å². The second-order valence-electron chi connectivity index (χ2n) is 0. The van der Waals surface area contributed by atoms with E-state index >= 15 is 0 Å². The SMILES string of the molecule is CC.CC.CC.CC.CC.CC.CC.CC.[U]. The molecule has 0 aromatic carbocycles. The Labute approximate surface area is 141 Å². The van der Waals surface area contributed by atoms with Crippen LogP contribution in [0.3, 0.4) is 0 Å². The maximum absolute atomic E-state index is 2.00. The van der Waals surface area contributed by atoms with E-state index in [2.05, 4.69) is 0 Å². The zero-order valence-electron chi connectivity index (χ0n) is 16.5. The van der Waals surface area contributed by atoms with Crippen molar-refractivity contribution >= 4 is 0 Å². The molecular formula is C16H48U. The van der Waals surface area contributed by atoms with Crippen molar-refractivity contribution in [3.05, 3.63) is 0 Å². The van der Waals surface area contributed by atoms with E-state index in [-0.39, 0.29) is 31.1 Å². The molecule has 0 atom stereocenters. The molecule has 0 unspecified atom stereocenters. The van der Waals surface area contributed by atoms with Crippen LogP contribution < -0.4 is 0 Å². The molecular weight excluding hydrogens is 430 g/mol. The van der Waals surface area contributed by atoms with Gasteiger partial charge in [0.25, 0.3) is 0 Å². The Balaban J connectivity index is -0.00000000610. The molecule has 0 aromatic rings. The molecule has 116 valence electrons. The fourth-order valence-electron chi connectivity index (χ4n) is 0. The van der Waals surface area contributed by atoms with Gasteiger partial charge in [0.2, 0.25) is 0 Å². The van der Waals surface area contributed by atoms with E-state index in [1.54, 1.807) is 0 Å². The number of hydrogen-bond acceptors (Lipinski definition) is 0. The van der Waals surface area contributed by atoms with E-state index in [4.69, 9.17) is 0 Å². The Hall–Kier alpha value is 1.05. The molecule has 0 aromatic heterocycles. The summed E-state index contributed by atoms with van der Waals surface area (Å²) in [4.78, 5) is 0.